The average Bonchev–Trinajstić information content (AvgIpc) is 2.47. The van der Waals surface area contributed by atoms with Gasteiger partial charge in [0, 0.05) is 12.6 Å². The molecule has 1 atom stereocenters. The largest absolute Gasteiger partial charge is 0.464 e. The van der Waals surface area contributed by atoms with Gasteiger partial charge in [-0.2, -0.15) is 0 Å². The summed E-state index contributed by atoms with van der Waals surface area (Å²) in [4.78, 5) is 14.9. The van der Waals surface area contributed by atoms with Crippen molar-refractivity contribution in [2.75, 3.05) is 26.7 Å². The summed E-state index contributed by atoms with van der Waals surface area (Å²) in [5.41, 5.74) is 0.105. The topological polar surface area (TPSA) is 41.6 Å². The zero-order chi connectivity index (χ0) is 15.9. The second kappa shape index (κ2) is 8.15. The normalized spacial score (nSPS) is 14.2. The van der Waals surface area contributed by atoms with Crippen LogP contribution in [0.3, 0.4) is 0 Å². The molecule has 0 aliphatic rings. The van der Waals surface area contributed by atoms with Crippen molar-refractivity contribution in [1.82, 2.24) is 10.2 Å². The van der Waals surface area contributed by atoms with Crippen molar-refractivity contribution in [3.63, 3.8) is 0 Å². The highest BCUT2D eigenvalue weighted by molar-refractivity contribution is 5.83. The van der Waals surface area contributed by atoms with E-state index in [4.69, 9.17) is 4.74 Å². The molecule has 1 unspecified atom stereocenters. The fourth-order valence-corrected chi connectivity index (χ4v) is 2.45. The van der Waals surface area contributed by atoms with E-state index in [2.05, 4.69) is 17.1 Å². The summed E-state index contributed by atoms with van der Waals surface area (Å²) in [6.07, 6.45) is 0. The molecule has 0 saturated heterocycles. The molecule has 0 aromatic heterocycles. The van der Waals surface area contributed by atoms with Crippen LogP contribution in [-0.2, 0) is 15.1 Å². The van der Waals surface area contributed by atoms with Crippen molar-refractivity contribution >= 4 is 5.97 Å². The molecule has 21 heavy (non-hydrogen) atoms. The molecule has 1 rings (SSSR count). The van der Waals surface area contributed by atoms with E-state index in [9.17, 15) is 4.79 Å². The Morgan fingerprint density at radius 3 is 2.38 bits per heavy atom. The highest BCUT2D eigenvalue weighted by Gasteiger charge is 2.42. The predicted molar refractivity (Wildman–Crippen MR) is 86.2 cm³/mol. The van der Waals surface area contributed by atoms with Crippen LogP contribution in [0.4, 0.5) is 0 Å². The zero-order valence-corrected chi connectivity index (χ0v) is 13.8. The van der Waals surface area contributed by atoms with Gasteiger partial charge in [-0.15, -0.1) is 0 Å². The Bertz CT molecular complexity index is 434. The van der Waals surface area contributed by atoms with Gasteiger partial charge in [-0.3, -0.25) is 5.32 Å². The molecule has 0 spiro atoms. The molecule has 0 aliphatic heterocycles. The summed E-state index contributed by atoms with van der Waals surface area (Å²) in [6.45, 7) is 9.83. The van der Waals surface area contributed by atoms with Crippen LogP contribution in [-0.4, -0.2) is 43.7 Å². The summed E-state index contributed by atoms with van der Waals surface area (Å²) in [5.74, 6) is -0.217. The highest BCUT2D eigenvalue weighted by Crippen LogP contribution is 2.25. The minimum absolute atomic E-state index is 0.167. The van der Waals surface area contributed by atoms with Crippen LogP contribution in [0.2, 0.25) is 0 Å². The average molecular weight is 292 g/mol. The van der Waals surface area contributed by atoms with E-state index in [0.717, 1.165) is 12.1 Å². The maximum atomic E-state index is 12.7. The van der Waals surface area contributed by atoms with Crippen molar-refractivity contribution in [2.45, 2.75) is 39.3 Å². The van der Waals surface area contributed by atoms with Crippen LogP contribution in [0.5, 0.6) is 0 Å². The molecule has 1 aromatic rings. The number of esters is 1. The van der Waals surface area contributed by atoms with Crippen LogP contribution in [0.15, 0.2) is 30.3 Å². The van der Waals surface area contributed by atoms with Crippen molar-refractivity contribution < 1.29 is 9.53 Å². The molecule has 1 aromatic carbocycles. The van der Waals surface area contributed by atoms with Crippen molar-refractivity contribution in [1.29, 1.82) is 0 Å². The maximum Gasteiger partial charge on any atom is 0.332 e. The molecule has 0 bridgehead atoms. The lowest BCUT2D eigenvalue weighted by molar-refractivity contribution is -0.153. The predicted octanol–water partition coefficient (Wildman–Crippen LogP) is 2.39. The Kier molecular flexibility index (Phi) is 6.85. The third kappa shape index (κ3) is 4.55. The first-order valence-electron chi connectivity index (χ1n) is 7.65. The van der Waals surface area contributed by atoms with E-state index in [1.807, 2.05) is 58.2 Å². The zero-order valence-electron chi connectivity index (χ0n) is 13.8. The number of carbonyl (C=O) groups is 1. The minimum Gasteiger partial charge on any atom is -0.464 e. The SMILES string of the molecule is CCOC(=O)C(CN(C)CC)(NC(C)C)c1ccccc1. The monoisotopic (exact) mass is 292 g/mol. The first-order chi connectivity index (χ1) is 9.96. The van der Waals surface area contributed by atoms with Gasteiger partial charge in [0.15, 0.2) is 5.54 Å². The van der Waals surface area contributed by atoms with Gasteiger partial charge in [-0.05, 0) is 39.9 Å². The summed E-state index contributed by atoms with van der Waals surface area (Å²) in [6, 6.07) is 10.00. The minimum atomic E-state index is -0.837. The summed E-state index contributed by atoms with van der Waals surface area (Å²) >= 11 is 0. The van der Waals surface area contributed by atoms with Gasteiger partial charge in [0.2, 0.25) is 0 Å². The number of carbonyl (C=O) groups excluding carboxylic acids is 1. The van der Waals surface area contributed by atoms with Gasteiger partial charge in [-0.1, -0.05) is 37.3 Å². The molecular formula is C17H28N2O2. The van der Waals surface area contributed by atoms with E-state index in [-0.39, 0.29) is 12.0 Å². The summed E-state index contributed by atoms with van der Waals surface area (Å²) in [7, 11) is 2.01. The van der Waals surface area contributed by atoms with Crippen LogP contribution in [0.1, 0.15) is 33.3 Å². The Balaban J connectivity index is 3.29. The lowest BCUT2D eigenvalue weighted by atomic mass is 9.88. The molecule has 0 heterocycles. The molecule has 0 saturated carbocycles. The Hall–Kier alpha value is -1.39. The van der Waals surface area contributed by atoms with Gasteiger partial charge in [0.25, 0.3) is 0 Å². The summed E-state index contributed by atoms with van der Waals surface area (Å²) < 4.78 is 5.38. The van der Waals surface area contributed by atoms with Crippen LogP contribution in [0, 0.1) is 0 Å². The second-order valence-electron chi connectivity index (χ2n) is 5.62. The maximum absolute atomic E-state index is 12.7. The molecule has 1 N–H and O–H groups in total. The molecule has 0 fully saturated rings. The molecule has 0 aliphatic carbocycles. The molecule has 4 nitrogen and oxygen atoms in total. The first kappa shape index (κ1) is 17.7. The molecule has 118 valence electrons. The lowest BCUT2D eigenvalue weighted by Gasteiger charge is -2.37. The Morgan fingerprint density at radius 1 is 1.29 bits per heavy atom. The van der Waals surface area contributed by atoms with Crippen LogP contribution >= 0.6 is 0 Å². The lowest BCUT2D eigenvalue weighted by Crippen LogP contribution is -2.58. The van der Waals surface area contributed by atoms with Crippen LogP contribution < -0.4 is 5.32 Å². The smallest absolute Gasteiger partial charge is 0.332 e. The highest BCUT2D eigenvalue weighted by atomic mass is 16.5. The number of hydrogen-bond acceptors (Lipinski definition) is 4. The Morgan fingerprint density at radius 2 is 1.90 bits per heavy atom. The fraction of sp³-hybridized carbons (Fsp3) is 0.588. The van der Waals surface area contributed by atoms with E-state index in [0.29, 0.717) is 13.2 Å². The third-order valence-electron chi connectivity index (χ3n) is 3.47. The second-order valence-corrected chi connectivity index (χ2v) is 5.62. The molecule has 4 heteroatoms. The standard InChI is InChI=1S/C17H28N2O2/c1-6-19(5)13-17(18-14(3)4,16(20)21-7-2)15-11-9-8-10-12-15/h8-12,14,18H,6-7,13H2,1-5H3. The number of nitrogens with zero attached hydrogens (tertiary/aromatic N) is 1. The van der Waals surface area contributed by atoms with Gasteiger partial charge in [0.05, 0.1) is 6.61 Å². The van der Waals surface area contributed by atoms with E-state index in [1.165, 1.54) is 0 Å². The third-order valence-corrected chi connectivity index (χ3v) is 3.47. The van der Waals surface area contributed by atoms with Crippen LogP contribution in [0.25, 0.3) is 0 Å². The summed E-state index contributed by atoms with van der Waals surface area (Å²) in [5, 5.41) is 3.44. The van der Waals surface area contributed by atoms with E-state index in [1.54, 1.807) is 0 Å². The number of likely N-dealkylation sites (N-methyl/N-ethyl adjacent to an activating group) is 1. The van der Waals surface area contributed by atoms with Crippen molar-refractivity contribution in [2.24, 2.45) is 0 Å². The number of benzene rings is 1. The molecule has 0 radical (unpaired) electrons. The van der Waals surface area contributed by atoms with Crippen molar-refractivity contribution in [3.8, 4) is 0 Å². The van der Waals surface area contributed by atoms with Crippen molar-refractivity contribution in [3.05, 3.63) is 35.9 Å². The Labute approximate surface area is 128 Å². The number of hydrogen-bond donors (Lipinski definition) is 1. The fourth-order valence-electron chi connectivity index (χ4n) is 2.45. The van der Waals surface area contributed by atoms with Gasteiger partial charge in [0.1, 0.15) is 0 Å². The number of ether oxygens (including phenoxy) is 1. The first-order valence-corrected chi connectivity index (χ1v) is 7.65. The van der Waals surface area contributed by atoms with E-state index < -0.39 is 5.54 Å². The number of rotatable bonds is 8. The van der Waals surface area contributed by atoms with Gasteiger partial charge >= 0.3 is 5.97 Å². The van der Waals surface area contributed by atoms with E-state index >= 15 is 0 Å². The van der Waals surface area contributed by atoms with Gasteiger partial charge in [-0.25, -0.2) is 4.79 Å². The molecular weight excluding hydrogens is 264 g/mol. The number of nitrogens with one attached hydrogen (secondary N) is 1. The molecule has 0 amide bonds. The quantitative estimate of drug-likeness (QED) is 0.747. The van der Waals surface area contributed by atoms with Gasteiger partial charge < -0.3 is 9.64 Å².